The van der Waals surface area contributed by atoms with Crippen LogP contribution in [0.4, 0.5) is 0 Å². The lowest BCUT2D eigenvalue weighted by atomic mass is 9.96. The van der Waals surface area contributed by atoms with Crippen LogP contribution in [0.2, 0.25) is 0 Å². The minimum Gasteiger partial charge on any atom is -0.504 e. The molecule has 0 fully saturated rings. The Morgan fingerprint density at radius 3 is 2.26 bits per heavy atom. The predicted octanol–water partition coefficient (Wildman–Crippen LogP) is 2.91. The van der Waals surface area contributed by atoms with Crippen LogP contribution in [0.25, 0.3) is 0 Å². The quantitative estimate of drug-likeness (QED) is 0.371. The highest BCUT2D eigenvalue weighted by Crippen LogP contribution is 2.37. The van der Waals surface area contributed by atoms with Crippen molar-refractivity contribution in [2.75, 3.05) is 6.61 Å². The third kappa shape index (κ3) is 3.17. The first-order chi connectivity index (χ1) is 8.91. The Morgan fingerprint density at radius 1 is 1.05 bits per heavy atom. The van der Waals surface area contributed by atoms with Gasteiger partial charge >= 0.3 is 5.97 Å². The normalized spacial score (nSPS) is 10.5. The zero-order chi connectivity index (χ0) is 14.6. The van der Waals surface area contributed by atoms with E-state index < -0.39 is 11.7 Å². The minimum absolute atomic E-state index is 0.0582. The summed E-state index contributed by atoms with van der Waals surface area (Å²) in [6.45, 7) is 7.41. The van der Waals surface area contributed by atoms with Gasteiger partial charge < -0.3 is 10.2 Å². The molecule has 106 valence electrons. The molecule has 0 heterocycles. The first-order valence-corrected chi connectivity index (χ1v) is 6.27. The summed E-state index contributed by atoms with van der Waals surface area (Å²) in [5, 5.41) is 19.6. The van der Waals surface area contributed by atoms with Gasteiger partial charge in [-0.15, -0.1) is 0 Å². The molecule has 2 N–H and O–H groups in total. The fraction of sp³-hybridized carbons (Fsp3) is 0.500. The number of hydrogen-bond donors (Lipinski definition) is 2. The summed E-state index contributed by atoms with van der Waals surface area (Å²) < 4.78 is 0. The van der Waals surface area contributed by atoms with Gasteiger partial charge in [0.2, 0.25) is 0 Å². The van der Waals surface area contributed by atoms with Crippen LogP contribution in [0.3, 0.4) is 0 Å². The van der Waals surface area contributed by atoms with Gasteiger partial charge in [0.05, 0.1) is 6.61 Å². The first-order valence-electron chi connectivity index (χ1n) is 6.27. The van der Waals surface area contributed by atoms with Crippen LogP contribution in [0, 0.1) is 20.8 Å². The molecule has 5 heteroatoms. The number of carbonyl (C=O) groups is 1. The van der Waals surface area contributed by atoms with E-state index in [1.807, 2.05) is 6.92 Å². The molecule has 0 aromatic heterocycles. The van der Waals surface area contributed by atoms with Crippen molar-refractivity contribution in [3.8, 4) is 11.5 Å². The molecule has 0 bridgehead atoms. The van der Waals surface area contributed by atoms with E-state index in [1.54, 1.807) is 20.8 Å². The molecule has 0 saturated carbocycles. The zero-order valence-corrected chi connectivity index (χ0v) is 11.7. The molecule has 0 radical (unpaired) electrons. The highest BCUT2D eigenvalue weighted by Gasteiger charge is 2.23. The molecule has 0 aliphatic rings. The maximum Gasteiger partial charge on any atom is 0.377 e. The topological polar surface area (TPSA) is 76.0 Å². The molecule has 1 aromatic rings. The van der Waals surface area contributed by atoms with Crippen molar-refractivity contribution in [1.82, 2.24) is 0 Å². The summed E-state index contributed by atoms with van der Waals surface area (Å²) in [4.78, 5) is 21.2. The molecule has 0 amide bonds. The van der Waals surface area contributed by atoms with Gasteiger partial charge in [-0.3, -0.25) is 4.89 Å². The van der Waals surface area contributed by atoms with E-state index in [0.717, 1.165) is 18.4 Å². The summed E-state index contributed by atoms with van der Waals surface area (Å²) in [6.07, 6.45) is 1.70. The van der Waals surface area contributed by atoms with Crippen LogP contribution in [0.1, 0.15) is 46.8 Å². The van der Waals surface area contributed by atoms with E-state index >= 15 is 0 Å². The van der Waals surface area contributed by atoms with Gasteiger partial charge in [-0.1, -0.05) is 13.3 Å². The lowest BCUT2D eigenvalue weighted by molar-refractivity contribution is -0.241. The van der Waals surface area contributed by atoms with Crippen LogP contribution in [-0.2, 0) is 9.78 Å². The first kappa shape index (κ1) is 15.3. The maximum absolute atomic E-state index is 11.8. The second-order valence-electron chi connectivity index (χ2n) is 4.49. The van der Waals surface area contributed by atoms with Gasteiger partial charge in [0.1, 0.15) is 5.56 Å². The standard InChI is InChI=1S/C14H20O5/c1-5-6-7-18-19-14(17)11-9(3)8(2)10(4)12(15)13(11)16/h15-16H,5-7H2,1-4H3. The number of carbonyl (C=O) groups excluding carboxylic acids is 1. The number of hydrogen-bond acceptors (Lipinski definition) is 5. The smallest absolute Gasteiger partial charge is 0.377 e. The lowest BCUT2D eigenvalue weighted by Crippen LogP contribution is -2.10. The Balaban J connectivity index is 2.97. The molecule has 0 aliphatic heterocycles. The van der Waals surface area contributed by atoms with Gasteiger partial charge in [-0.05, 0) is 43.9 Å². The van der Waals surface area contributed by atoms with E-state index in [2.05, 4.69) is 4.89 Å². The molecule has 0 saturated heterocycles. The van der Waals surface area contributed by atoms with Crippen molar-refractivity contribution in [2.24, 2.45) is 0 Å². The molecular formula is C14H20O5. The van der Waals surface area contributed by atoms with E-state index in [1.165, 1.54) is 0 Å². The predicted molar refractivity (Wildman–Crippen MR) is 70.3 cm³/mol. The monoisotopic (exact) mass is 268 g/mol. The number of phenols is 2. The lowest BCUT2D eigenvalue weighted by Gasteiger charge is -2.14. The molecule has 19 heavy (non-hydrogen) atoms. The number of phenolic OH excluding ortho intramolecular Hbond substituents is 2. The van der Waals surface area contributed by atoms with Crippen molar-refractivity contribution < 1.29 is 24.8 Å². The fourth-order valence-corrected chi connectivity index (χ4v) is 1.71. The van der Waals surface area contributed by atoms with Crippen molar-refractivity contribution in [2.45, 2.75) is 40.5 Å². The van der Waals surface area contributed by atoms with Gasteiger partial charge in [-0.25, -0.2) is 4.79 Å². The number of aromatic hydroxyl groups is 2. The average molecular weight is 268 g/mol. The summed E-state index contributed by atoms with van der Waals surface area (Å²) in [7, 11) is 0. The Labute approximate surface area is 112 Å². The number of unbranched alkanes of at least 4 members (excludes halogenated alkanes) is 1. The Kier molecular flexibility index (Phi) is 5.18. The van der Waals surface area contributed by atoms with Crippen molar-refractivity contribution in [1.29, 1.82) is 0 Å². The second kappa shape index (κ2) is 6.43. The zero-order valence-electron chi connectivity index (χ0n) is 11.7. The van der Waals surface area contributed by atoms with Gasteiger partial charge in [0.15, 0.2) is 11.5 Å². The van der Waals surface area contributed by atoms with Crippen molar-refractivity contribution in [3.05, 3.63) is 22.3 Å². The largest absolute Gasteiger partial charge is 0.504 e. The fourth-order valence-electron chi connectivity index (χ4n) is 1.71. The van der Waals surface area contributed by atoms with E-state index in [4.69, 9.17) is 4.89 Å². The van der Waals surface area contributed by atoms with Crippen LogP contribution < -0.4 is 0 Å². The van der Waals surface area contributed by atoms with E-state index in [0.29, 0.717) is 17.7 Å². The van der Waals surface area contributed by atoms with Crippen LogP contribution in [0.15, 0.2) is 0 Å². The minimum atomic E-state index is -0.801. The Hall–Kier alpha value is -1.75. The summed E-state index contributed by atoms with van der Waals surface area (Å²) in [6, 6.07) is 0. The molecular weight excluding hydrogens is 248 g/mol. The highest BCUT2D eigenvalue weighted by atomic mass is 17.2. The molecule has 0 atom stereocenters. The molecule has 0 spiro atoms. The third-order valence-corrected chi connectivity index (χ3v) is 3.24. The average Bonchev–Trinajstić information content (AvgIpc) is 2.39. The number of benzene rings is 1. The molecule has 1 rings (SSSR count). The molecule has 1 aromatic carbocycles. The third-order valence-electron chi connectivity index (χ3n) is 3.24. The van der Waals surface area contributed by atoms with E-state index in [-0.39, 0.29) is 11.3 Å². The molecule has 0 aliphatic carbocycles. The number of rotatable bonds is 5. The summed E-state index contributed by atoms with van der Waals surface area (Å²) in [5.74, 6) is -1.57. The Morgan fingerprint density at radius 2 is 1.68 bits per heavy atom. The Bertz CT molecular complexity index is 450. The molecule has 5 nitrogen and oxygen atoms in total. The van der Waals surface area contributed by atoms with Gasteiger partial charge in [0, 0.05) is 0 Å². The highest BCUT2D eigenvalue weighted by molar-refractivity contribution is 5.95. The summed E-state index contributed by atoms with van der Waals surface area (Å²) in [5.41, 5.74) is 1.78. The SMILES string of the molecule is CCCCOOC(=O)c1c(C)c(C)c(C)c(O)c1O. The van der Waals surface area contributed by atoms with Crippen LogP contribution in [-0.4, -0.2) is 22.8 Å². The summed E-state index contributed by atoms with van der Waals surface area (Å²) >= 11 is 0. The van der Waals surface area contributed by atoms with Crippen molar-refractivity contribution >= 4 is 5.97 Å². The maximum atomic E-state index is 11.8. The van der Waals surface area contributed by atoms with Crippen LogP contribution >= 0.6 is 0 Å². The van der Waals surface area contributed by atoms with E-state index in [9.17, 15) is 15.0 Å². The van der Waals surface area contributed by atoms with Gasteiger partial charge in [0.25, 0.3) is 0 Å². The molecule has 0 unspecified atom stereocenters. The van der Waals surface area contributed by atoms with Crippen molar-refractivity contribution in [3.63, 3.8) is 0 Å². The van der Waals surface area contributed by atoms with Gasteiger partial charge in [-0.2, -0.15) is 4.89 Å². The second-order valence-corrected chi connectivity index (χ2v) is 4.49. The van der Waals surface area contributed by atoms with Crippen LogP contribution in [0.5, 0.6) is 11.5 Å².